The summed E-state index contributed by atoms with van der Waals surface area (Å²) in [4.78, 5) is 2.40. The minimum Gasteiger partial charge on any atom is -0.508 e. The molecule has 2 unspecified atom stereocenters. The van der Waals surface area contributed by atoms with E-state index in [0.29, 0.717) is 11.6 Å². The topological polar surface area (TPSA) is 23.5 Å². The van der Waals surface area contributed by atoms with Gasteiger partial charge in [-0.05, 0) is 50.9 Å². The molecule has 0 amide bonds. The first-order chi connectivity index (χ1) is 8.63. The molecule has 0 saturated carbocycles. The number of rotatable bonds is 3. The van der Waals surface area contributed by atoms with E-state index in [1.807, 2.05) is 0 Å². The third kappa shape index (κ3) is 2.66. The third-order valence-corrected chi connectivity index (χ3v) is 4.08. The van der Waals surface area contributed by atoms with Crippen molar-refractivity contribution in [2.75, 3.05) is 6.54 Å². The molecule has 0 radical (unpaired) electrons. The Balaban J connectivity index is 2.23. The minimum atomic E-state index is -0.278. The van der Waals surface area contributed by atoms with Crippen molar-refractivity contribution in [1.82, 2.24) is 4.90 Å². The Bertz CT molecular complexity index is 407. The highest BCUT2D eigenvalue weighted by Crippen LogP contribution is 2.34. The second-order valence-electron chi connectivity index (χ2n) is 5.17. The van der Waals surface area contributed by atoms with Gasteiger partial charge in [0.05, 0.1) is 0 Å². The van der Waals surface area contributed by atoms with E-state index in [-0.39, 0.29) is 17.6 Å². The van der Waals surface area contributed by atoms with Gasteiger partial charge in [0, 0.05) is 17.6 Å². The standard InChI is InChI=1S/C15H22FNO/c1-3-13-6-4-5-9-17(13)11(2)14-10-12(16)7-8-15(14)18/h7-8,10-11,13,18H,3-6,9H2,1-2H3. The maximum Gasteiger partial charge on any atom is 0.123 e. The van der Waals surface area contributed by atoms with E-state index in [9.17, 15) is 9.50 Å². The zero-order valence-electron chi connectivity index (χ0n) is 11.2. The van der Waals surface area contributed by atoms with Gasteiger partial charge in [0.2, 0.25) is 0 Å². The van der Waals surface area contributed by atoms with Gasteiger partial charge in [0.25, 0.3) is 0 Å². The van der Waals surface area contributed by atoms with Crippen molar-refractivity contribution in [2.24, 2.45) is 0 Å². The minimum absolute atomic E-state index is 0.0750. The molecular formula is C15H22FNO. The first-order valence-electron chi connectivity index (χ1n) is 6.87. The Morgan fingerprint density at radius 1 is 1.44 bits per heavy atom. The molecule has 1 heterocycles. The number of phenols is 1. The van der Waals surface area contributed by atoms with Crippen molar-refractivity contribution in [3.63, 3.8) is 0 Å². The maximum atomic E-state index is 13.3. The lowest BCUT2D eigenvalue weighted by atomic mass is 9.95. The molecule has 0 bridgehead atoms. The predicted molar refractivity (Wildman–Crippen MR) is 71.1 cm³/mol. The van der Waals surface area contributed by atoms with Crippen LogP contribution in [-0.2, 0) is 0 Å². The molecule has 1 aliphatic heterocycles. The summed E-state index contributed by atoms with van der Waals surface area (Å²) in [5.74, 6) is -0.0796. The second kappa shape index (κ2) is 5.70. The van der Waals surface area contributed by atoms with Crippen molar-refractivity contribution < 1.29 is 9.50 Å². The van der Waals surface area contributed by atoms with Crippen LogP contribution in [0.3, 0.4) is 0 Å². The molecule has 0 aromatic heterocycles. The summed E-state index contributed by atoms with van der Waals surface area (Å²) < 4.78 is 13.3. The SMILES string of the molecule is CCC1CCCCN1C(C)c1cc(F)ccc1O. The first-order valence-corrected chi connectivity index (χ1v) is 6.87. The van der Waals surface area contributed by atoms with Crippen molar-refractivity contribution in [1.29, 1.82) is 0 Å². The van der Waals surface area contributed by atoms with Gasteiger partial charge in [0.15, 0.2) is 0 Å². The number of piperidine rings is 1. The smallest absolute Gasteiger partial charge is 0.123 e. The molecular weight excluding hydrogens is 229 g/mol. The number of likely N-dealkylation sites (tertiary alicyclic amines) is 1. The molecule has 0 aliphatic carbocycles. The lowest BCUT2D eigenvalue weighted by molar-refractivity contribution is 0.0986. The molecule has 0 spiro atoms. The largest absolute Gasteiger partial charge is 0.508 e. The van der Waals surface area contributed by atoms with Crippen molar-refractivity contribution in [3.05, 3.63) is 29.6 Å². The molecule has 1 N–H and O–H groups in total. The number of hydrogen-bond acceptors (Lipinski definition) is 2. The molecule has 2 nitrogen and oxygen atoms in total. The molecule has 1 fully saturated rings. The number of nitrogens with zero attached hydrogens (tertiary/aromatic N) is 1. The summed E-state index contributed by atoms with van der Waals surface area (Å²) in [5.41, 5.74) is 0.704. The second-order valence-corrected chi connectivity index (χ2v) is 5.17. The Labute approximate surface area is 108 Å². The molecule has 3 heteroatoms. The van der Waals surface area contributed by atoms with Crippen LogP contribution in [0.5, 0.6) is 5.75 Å². The fourth-order valence-electron chi connectivity index (χ4n) is 3.01. The Hall–Kier alpha value is -1.09. The Morgan fingerprint density at radius 2 is 2.22 bits per heavy atom. The van der Waals surface area contributed by atoms with Crippen LogP contribution in [-0.4, -0.2) is 22.6 Å². The Morgan fingerprint density at radius 3 is 2.94 bits per heavy atom. The van der Waals surface area contributed by atoms with E-state index in [1.54, 1.807) is 0 Å². The summed E-state index contributed by atoms with van der Waals surface area (Å²) in [6, 6.07) is 4.84. The van der Waals surface area contributed by atoms with Crippen LogP contribution < -0.4 is 0 Å². The molecule has 2 atom stereocenters. The highest BCUT2D eigenvalue weighted by atomic mass is 19.1. The van der Waals surface area contributed by atoms with E-state index in [1.165, 1.54) is 37.5 Å². The van der Waals surface area contributed by atoms with Crippen LogP contribution in [0, 0.1) is 5.82 Å². The van der Waals surface area contributed by atoms with Crippen molar-refractivity contribution in [2.45, 2.75) is 51.6 Å². The summed E-state index contributed by atoms with van der Waals surface area (Å²) in [6.45, 7) is 5.29. The van der Waals surface area contributed by atoms with Gasteiger partial charge < -0.3 is 5.11 Å². The van der Waals surface area contributed by atoms with E-state index in [2.05, 4.69) is 18.7 Å². The van der Waals surface area contributed by atoms with Gasteiger partial charge >= 0.3 is 0 Å². The quantitative estimate of drug-likeness (QED) is 0.881. The van der Waals surface area contributed by atoms with Crippen molar-refractivity contribution in [3.8, 4) is 5.75 Å². The van der Waals surface area contributed by atoms with E-state index in [0.717, 1.165) is 13.0 Å². The van der Waals surface area contributed by atoms with Gasteiger partial charge in [-0.1, -0.05) is 13.3 Å². The summed E-state index contributed by atoms with van der Waals surface area (Å²) in [5, 5.41) is 9.90. The van der Waals surface area contributed by atoms with Gasteiger partial charge in [-0.25, -0.2) is 4.39 Å². The lowest BCUT2D eigenvalue weighted by Crippen LogP contribution is -2.40. The number of benzene rings is 1. The van der Waals surface area contributed by atoms with Crippen LogP contribution in [0.2, 0.25) is 0 Å². The number of aromatic hydroxyl groups is 1. The van der Waals surface area contributed by atoms with Gasteiger partial charge in [-0.3, -0.25) is 4.90 Å². The Kier molecular flexibility index (Phi) is 4.23. The average Bonchev–Trinajstić information content (AvgIpc) is 2.40. The molecule has 1 aromatic carbocycles. The average molecular weight is 251 g/mol. The number of phenolic OH excluding ortho intramolecular Hbond substituents is 1. The maximum absolute atomic E-state index is 13.3. The van der Waals surface area contributed by atoms with Crippen LogP contribution in [0.4, 0.5) is 4.39 Å². The monoisotopic (exact) mass is 251 g/mol. The molecule has 100 valence electrons. The zero-order chi connectivity index (χ0) is 13.1. The molecule has 18 heavy (non-hydrogen) atoms. The van der Waals surface area contributed by atoms with E-state index >= 15 is 0 Å². The normalized spacial score (nSPS) is 22.9. The lowest BCUT2D eigenvalue weighted by Gasteiger charge is -2.39. The predicted octanol–water partition coefficient (Wildman–Crippen LogP) is 3.86. The van der Waals surface area contributed by atoms with Crippen LogP contribution in [0.1, 0.15) is 51.1 Å². The molecule has 1 aliphatic rings. The zero-order valence-corrected chi connectivity index (χ0v) is 11.2. The first kappa shape index (κ1) is 13.3. The molecule has 2 rings (SSSR count). The van der Waals surface area contributed by atoms with Crippen molar-refractivity contribution >= 4 is 0 Å². The van der Waals surface area contributed by atoms with Gasteiger partial charge in [-0.2, -0.15) is 0 Å². The summed E-state index contributed by atoms with van der Waals surface area (Å²) in [6.07, 6.45) is 4.78. The van der Waals surface area contributed by atoms with Gasteiger partial charge in [0.1, 0.15) is 11.6 Å². The van der Waals surface area contributed by atoms with E-state index in [4.69, 9.17) is 0 Å². The number of halogens is 1. The fourth-order valence-corrected chi connectivity index (χ4v) is 3.01. The molecule has 1 saturated heterocycles. The summed E-state index contributed by atoms with van der Waals surface area (Å²) in [7, 11) is 0. The van der Waals surface area contributed by atoms with Crippen LogP contribution in [0.25, 0.3) is 0 Å². The number of hydrogen-bond donors (Lipinski definition) is 1. The molecule has 1 aromatic rings. The van der Waals surface area contributed by atoms with E-state index < -0.39 is 0 Å². The highest BCUT2D eigenvalue weighted by Gasteiger charge is 2.27. The highest BCUT2D eigenvalue weighted by molar-refractivity contribution is 5.35. The van der Waals surface area contributed by atoms with Gasteiger partial charge in [-0.15, -0.1) is 0 Å². The van der Waals surface area contributed by atoms with Crippen LogP contribution >= 0.6 is 0 Å². The fraction of sp³-hybridized carbons (Fsp3) is 0.600. The summed E-state index contributed by atoms with van der Waals surface area (Å²) >= 11 is 0. The van der Waals surface area contributed by atoms with Crippen LogP contribution in [0.15, 0.2) is 18.2 Å². The third-order valence-electron chi connectivity index (χ3n) is 4.08.